The monoisotopic (exact) mass is 254 g/mol. The minimum Gasteiger partial charge on any atom is -0.360 e. The fourth-order valence-corrected chi connectivity index (χ4v) is 1.67. The number of hydrogen-bond acceptors (Lipinski definition) is 5. The van der Waals surface area contributed by atoms with Crippen LogP contribution in [0.3, 0.4) is 0 Å². The number of fused-ring (bicyclic) bond motifs is 1. The lowest BCUT2D eigenvalue weighted by Crippen LogP contribution is -2.14. The molecule has 1 N–H and O–H groups in total. The van der Waals surface area contributed by atoms with Gasteiger partial charge < -0.3 is 9.84 Å². The number of aryl methyl sites for hydroxylation is 1. The zero-order valence-electron chi connectivity index (χ0n) is 10.1. The van der Waals surface area contributed by atoms with Crippen molar-refractivity contribution in [2.45, 2.75) is 6.92 Å². The normalized spacial score (nSPS) is 10.6. The molecule has 0 radical (unpaired) electrons. The van der Waals surface area contributed by atoms with Gasteiger partial charge in [-0.1, -0.05) is 17.3 Å². The first-order valence-electron chi connectivity index (χ1n) is 5.69. The first-order chi connectivity index (χ1) is 9.22. The number of rotatable bonds is 2. The van der Waals surface area contributed by atoms with Crippen molar-refractivity contribution in [1.82, 2.24) is 15.1 Å². The molecule has 0 aliphatic carbocycles. The number of benzene rings is 1. The molecular formula is C13H10N4O2. The molecule has 0 saturated heterocycles. The predicted molar refractivity (Wildman–Crippen MR) is 68.7 cm³/mol. The van der Waals surface area contributed by atoms with E-state index in [4.69, 9.17) is 4.52 Å². The maximum absolute atomic E-state index is 12.0. The van der Waals surface area contributed by atoms with Gasteiger partial charge in [0.2, 0.25) is 0 Å². The maximum Gasteiger partial charge on any atom is 0.277 e. The second kappa shape index (κ2) is 4.49. The van der Waals surface area contributed by atoms with Crippen LogP contribution in [0.1, 0.15) is 16.2 Å². The van der Waals surface area contributed by atoms with E-state index in [0.29, 0.717) is 17.1 Å². The summed E-state index contributed by atoms with van der Waals surface area (Å²) >= 11 is 0. The Labute approximate surface area is 108 Å². The number of amides is 1. The molecule has 2 aromatic heterocycles. The van der Waals surface area contributed by atoms with E-state index >= 15 is 0 Å². The second-order valence-corrected chi connectivity index (χ2v) is 4.02. The van der Waals surface area contributed by atoms with Crippen molar-refractivity contribution < 1.29 is 9.32 Å². The molecule has 6 nitrogen and oxygen atoms in total. The molecule has 0 spiro atoms. The van der Waals surface area contributed by atoms with Gasteiger partial charge in [0, 0.05) is 6.07 Å². The average Bonchev–Trinajstić information content (AvgIpc) is 2.83. The summed E-state index contributed by atoms with van der Waals surface area (Å²) in [5.41, 5.74) is 1.65. The summed E-state index contributed by atoms with van der Waals surface area (Å²) < 4.78 is 4.87. The number of nitrogens with one attached hydrogen (secondary N) is 1. The molecule has 2 heterocycles. The standard InChI is InChI=1S/C13H10N4O2/c1-8-6-12(17-19-8)16-13(18)11-7-14-9-4-2-3-5-10(9)15-11/h2-7H,1H3,(H,16,17,18). The fraction of sp³-hybridized carbons (Fsp3) is 0.0769. The molecule has 0 saturated carbocycles. The zero-order valence-corrected chi connectivity index (χ0v) is 10.1. The molecule has 0 unspecified atom stereocenters. The first-order valence-corrected chi connectivity index (χ1v) is 5.69. The number of carbonyl (C=O) groups is 1. The molecule has 6 heteroatoms. The van der Waals surface area contributed by atoms with Gasteiger partial charge in [0.1, 0.15) is 11.5 Å². The molecule has 0 bridgehead atoms. The highest BCUT2D eigenvalue weighted by Crippen LogP contribution is 2.11. The number of carbonyl (C=O) groups excluding carboxylic acids is 1. The van der Waals surface area contributed by atoms with Gasteiger partial charge in [-0.05, 0) is 19.1 Å². The van der Waals surface area contributed by atoms with Gasteiger partial charge in [-0.15, -0.1) is 0 Å². The summed E-state index contributed by atoms with van der Waals surface area (Å²) in [4.78, 5) is 20.4. The Morgan fingerprint density at radius 1 is 1.26 bits per heavy atom. The van der Waals surface area contributed by atoms with Gasteiger partial charge in [0.15, 0.2) is 5.82 Å². The summed E-state index contributed by atoms with van der Waals surface area (Å²) in [5, 5.41) is 6.29. The molecule has 94 valence electrons. The Morgan fingerprint density at radius 3 is 2.79 bits per heavy atom. The van der Waals surface area contributed by atoms with Crippen molar-refractivity contribution in [2.75, 3.05) is 5.32 Å². The van der Waals surface area contributed by atoms with Crippen LogP contribution in [0.5, 0.6) is 0 Å². The van der Waals surface area contributed by atoms with Gasteiger partial charge in [0.25, 0.3) is 5.91 Å². The molecule has 0 aliphatic rings. The number of hydrogen-bond donors (Lipinski definition) is 1. The largest absolute Gasteiger partial charge is 0.360 e. The van der Waals surface area contributed by atoms with E-state index in [1.165, 1.54) is 6.20 Å². The van der Waals surface area contributed by atoms with Crippen LogP contribution in [0, 0.1) is 6.92 Å². The van der Waals surface area contributed by atoms with E-state index in [9.17, 15) is 4.79 Å². The van der Waals surface area contributed by atoms with Gasteiger partial charge >= 0.3 is 0 Å². The van der Waals surface area contributed by atoms with Crippen LogP contribution in [0.2, 0.25) is 0 Å². The minimum atomic E-state index is -0.369. The van der Waals surface area contributed by atoms with E-state index in [0.717, 1.165) is 5.52 Å². The highest BCUT2D eigenvalue weighted by Gasteiger charge is 2.11. The number of aromatic nitrogens is 3. The zero-order chi connectivity index (χ0) is 13.2. The first kappa shape index (κ1) is 11.3. The Bertz CT molecular complexity index is 751. The summed E-state index contributed by atoms with van der Waals surface area (Å²) in [5.74, 6) is 0.615. The Morgan fingerprint density at radius 2 is 2.05 bits per heavy atom. The van der Waals surface area contributed by atoms with Crippen molar-refractivity contribution in [1.29, 1.82) is 0 Å². The molecule has 1 amide bonds. The number of anilines is 1. The van der Waals surface area contributed by atoms with Crippen LogP contribution in [-0.2, 0) is 0 Å². The van der Waals surface area contributed by atoms with Crippen molar-refractivity contribution in [3.63, 3.8) is 0 Å². The van der Waals surface area contributed by atoms with Crippen LogP contribution in [-0.4, -0.2) is 21.0 Å². The molecule has 19 heavy (non-hydrogen) atoms. The molecule has 0 aliphatic heterocycles. The van der Waals surface area contributed by atoms with E-state index in [-0.39, 0.29) is 11.6 Å². The average molecular weight is 254 g/mol. The van der Waals surface area contributed by atoms with E-state index in [2.05, 4.69) is 20.4 Å². The maximum atomic E-state index is 12.0. The lowest BCUT2D eigenvalue weighted by atomic mass is 10.3. The fourth-order valence-electron chi connectivity index (χ4n) is 1.67. The molecule has 0 atom stereocenters. The third-order valence-electron chi connectivity index (χ3n) is 2.55. The minimum absolute atomic E-state index is 0.236. The van der Waals surface area contributed by atoms with Crippen LogP contribution < -0.4 is 5.32 Å². The van der Waals surface area contributed by atoms with Crippen molar-refractivity contribution >= 4 is 22.8 Å². The highest BCUT2D eigenvalue weighted by molar-refractivity contribution is 6.02. The highest BCUT2D eigenvalue weighted by atomic mass is 16.5. The number of para-hydroxylation sites is 2. The van der Waals surface area contributed by atoms with Crippen molar-refractivity contribution in [3.05, 3.63) is 48.0 Å². The SMILES string of the molecule is Cc1cc(NC(=O)c2cnc3ccccc3n2)no1. The Balaban J connectivity index is 1.89. The summed E-state index contributed by atoms with van der Waals surface area (Å²) in [6, 6.07) is 8.99. The van der Waals surface area contributed by atoms with E-state index < -0.39 is 0 Å². The third kappa shape index (κ3) is 2.28. The molecule has 0 fully saturated rings. The Kier molecular flexibility index (Phi) is 2.68. The quantitative estimate of drug-likeness (QED) is 0.758. The molecule has 1 aromatic carbocycles. The van der Waals surface area contributed by atoms with Crippen molar-refractivity contribution in [3.8, 4) is 0 Å². The van der Waals surface area contributed by atoms with Crippen LogP contribution in [0.15, 0.2) is 41.1 Å². The Hall–Kier alpha value is -2.76. The second-order valence-electron chi connectivity index (χ2n) is 4.02. The van der Waals surface area contributed by atoms with Gasteiger partial charge in [0.05, 0.1) is 17.2 Å². The van der Waals surface area contributed by atoms with Gasteiger partial charge in [-0.25, -0.2) is 4.98 Å². The predicted octanol–water partition coefficient (Wildman–Crippen LogP) is 2.18. The lowest BCUT2D eigenvalue weighted by Gasteiger charge is -2.01. The van der Waals surface area contributed by atoms with Crippen LogP contribution in [0.4, 0.5) is 5.82 Å². The topological polar surface area (TPSA) is 80.9 Å². The van der Waals surface area contributed by atoms with Gasteiger partial charge in [-0.3, -0.25) is 9.78 Å². The third-order valence-corrected chi connectivity index (χ3v) is 2.55. The van der Waals surface area contributed by atoms with Crippen molar-refractivity contribution in [2.24, 2.45) is 0 Å². The summed E-state index contributed by atoms with van der Waals surface area (Å²) in [6.07, 6.45) is 1.44. The molecule has 3 rings (SSSR count). The van der Waals surface area contributed by atoms with E-state index in [1.54, 1.807) is 19.1 Å². The van der Waals surface area contributed by atoms with E-state index in [1.807, 2.05) is 18.2 Å². The molecule has 3 aromatic rings. The van der Waals surface area contributed by atoms with Crippen LogP contribution in [0.25, 0.3) is 11.0 Å². The smallest absolute Gasteiger partial charge is 0.277 e. The lowest BCUT2D eigenvalue weighted by molar-refractivity contribution is 0.102. The van der Waals surface area contributed by atoms with Crippen LogP contribution >= 0.6 is 0 Å². The van der Waals surface area contributed by atoms with Gasteiger partial charge in [-0.2, -0.15) is 0 Å². The summed E-state index contributed by atoms with van der Waals surface area (Å²) in [6.45, 7) is 1.75. The molecular weight excluding hydrogens is 244 g/mol. The number of nitrogens with zero attached hydrogens (tertiary/aromatic N) is 3. The summed E-state index contributed by atoms with van der Waals surface area (Å²) in [7, 11) is 0.